The van der Waals surface area contributed by atoms with Crippen LogP contribution in [0.5, 0.6) is 5.75 Å². The fourth-order valence-electron chi connectivity index (χ4n) is 2.35. The van der Waals surface area contributed by atoms with Crippen molar-refractivity contribution < 1.29 is 13.5 Å². The topological polar surface area (TPSA) is 35.2 Å². The molecule has 0 radical (unpaired) electrons. The van der Waals surface area contributed by atoms with Gasteiger partial charge >= 0.3 is 0 Å². The lowest BCUT2D eigenvalue weighted by atomic mass is 9.94. The normalized spacial score (nSPS) is 12.2. The summed E-state index contributed by atoms with van der Waals surface area (Å²) in [7, 11) is 0. The Balaban J connectivity index is 1.81. The van der Waals surface area contributed by atoms with Crippen LogP contribution in [0.15, 0.2) is 42.5 Å². The molecule has 0 aliphatic heterocycles. The molecule has 0 saturated carbocycles. The maximum Gasteiger partial charge on any atom is 0.162 e. The van der Waals surface area contributed by atoms with Gasteiger partial charge in [0.25, 0.3) is 0 Å². The first-order chi connectivity index (χ1) is 10.6. The van der Waals surface area contributed by atoms with Gasteiger partial charge < -0.3 is 10.5 Å². The highest BCUT2D eigenvalue weighted by Crippen LogP contribution is 2.21. The van der Waals surface area contributed by atoms with E-state index in [0.717, 1.165) is 25.0 Å². The van der Waals surface area contributed by atoms with Gasteiger partial charge in [0, 0.05) is 6.07 Å². The Labute approximate surface area is 129 Å². The molecular formula is C18H21F2NO. The number of nitrogens with two attached hydrogens (primary N) is 1. The van der Waals surface area contributed by atoms with Crippen LogP contribution in [-0.2, 0) is 0 Å². The molecule has 2 aromatic carbocycles. The molecule has 0 aliphatic rings. The summed E-state index contributed by atoms with van der Waals surface area (Å²) in [6.45, 7) is 3.08. The first-order valence-corrected chi connectivity index (χ1v) is 7.44. The van der Waals surface area contributed by atoms with Gasteiger partial charge in [-0.3, -0.25) is 0 Å². The van der Waals surface area contributed by atoms with E-state index < -0.39 is 11.6 Å². The van der Waals surface area contributed by atoms with Crippen molar-refractivity contribution in [1.29, 1.82) is 0 Å². The van der Waals surface area contributed by atoms with Crippen LogP contribution in [0.1, 0.15) is 29.9 Å². The van der Waals surface area contributed by atoms with Crippen molar-refractivity contribution in [3.8, 4) is 5.75 Å². The Morgan fingerprint density at radius 3 is 2.41 bits per heavy atom. The molecule has 1 unspecified atom stereocenters. The third-order valence-corrected chi connectivity index (χ3v) is 3.69. The quantitative estimate of drug-likeness (QED) is 0.779. The van der Waals surface area contributed by atoms with E-state index in [0.29, 0.717) is 18.9 Å². The van der Waals surface area contributed by atoms with E-state index in [1.807, 2.05) is 0 Å². The van der Waals surface area contributed by atoms with Gasteiger partial charge in [-0.25, -0.2) is 8.78 Å². The molecule has 2 aromatic rings. The van der Waals surface area contributed by atoms with Crippen molar-refractivity contribution >= 4 is 0 Å². The van der Waals surface area contributed by atoms with Gasteiger partial charge in [0.15, 0.2) is 11.6 Å². The van der Waals surface area contributed by atoms with E-state index in [9.17, 15) is 8.78 Å². The van der Waals surface area contributed by atoms with E-state index in [-0.39, 0.29) is 5.92 Å². The minimum absolute atomic E-state index is 0.286. The number of aryl methyl sites for hydroxylation is 1. The zero-order chi connectivity index (χ0) is 15.9. The van der Waals surface area contributed by atoms with E-state index >= 15 is 0 Å². The van der Waals surface area contributed by atoms with Gasteiger partial charge in [0.2, 0.25) is 0 Å². The summed E-state index contributed by atoms with van der Waals surface area (Å²) in [4.78, 5) is 0. The molecular weight excluding hydrogens is 284 g/mol. The van der Waals surface area contributed by atoms with Crippen LogP contribution in [0.2, 0.25) is 0 Å². The number of benzene rings is 2. The summed E-state index contributed by atoms with van der Waals surface area (Å²) in [5.74, 6) is -1.13. The lowest BCUT2D eigenvalue weighted by molar-refractivity contribution is 0.299. The second-order valence-corrected chi connectivity index (χ2v) is 5.41. The van der Waals surface area contributed by atoms with E-state index in [2.05, 4.69) is 31.2 Å². The summed E-state index contributed by atoms with van der Waals surface area (Å²) >= 11 is 0. The lowest BCUT2D eigenvalue weighted by Crippen LogP contribution is -2.13. The molecule has 0 heterocycles. The molecule has 2 rings (SSSR count). The smallest absolute Gasteiger partial charge is 0.162 e. The van der Waals surface area contributed by atoms with E-state index in [1.54, 1.807) is 0 Å². The Hall–Kier alpha value is -1.94. The van der Waals surface area contributed by atoms with Crippen molar-refractivity contribution in [2.75, 3.05) is 13.2 Å². The van der Waals surface area contributed by atoms with Gasteiger partial charge in [0.1, 0.15) is 5.75 Å². The molecule has 0 aromatic heterocycles. The van der Waals surface area contributed by atoms with Crippen molar-refractivity contribution in [2.45, 2.75) is 25.7 Å². The van der Waals surface area contributed by atoms with Crippen LogP contribution in [0.25, 0.3) is 0 Å². The molecule has 1 atom stereocenters. The van der Waals surface area contributed by atoms with Crippen molar-refractivity contribution in [1.82, 2.24) is 0 Å². The zero-order valence-electron chi connectivity index (χ0n) is 12.7. The molecule has 0 amide bonds. The van der Waals surface area contributed by atoms with E-state index in [4.69, 9.17) is 10.5 Å². The number of hydrogen-bond donors (Lipinski definition) is 1. The van der Waals surface area contributed by atoms with Crippen LogP contribution in [0, 0.1) is 18.6 Å². The van der Waals surface area contributed by atoms with Gasteiger partial charge in [0.05, 0.1) is 6.61 Å². The fourth-order valence-corrected chi connectivity index (χ4v) is 2.35. The maximum atomic E-state index is 13.1. The Morgan fingerprint density at radius 1 is 1.05 bits per heavy atom. The van der Waals surface area contributed by atoms with Gasteiger partial charge in [-0.1, -0.05) is 29.8 Å². The van der Waals surface area contributed by atoms with Gasteiger partial charge in [-0.05, 0) is 49.9 Å². The first kappa shape index (κ1) is 16.4. The summed E-state index contributed by atoms with van der Waals surface area (Å²) in [5.41, 5.74) is 8.29. The van der Waals surface area contributed by atoms with Crippen LogP contribution in [-0.4, -0.2) is 13.2 Å². The minimum Gasteiger partial charge on any atom is -0.493 e. The molecule has 22 heavy (non-hydrogen) atoms. The molecule has 0 saturated heterocycles. The molecule has 2 nitrogen and oxygen atoms in total. The monoisotopic (exact) mass is 305 g/mol. The molecule has 118 valence electrons. The van der Waals surface area contributed by atoms with E-state index in [1.165, 1.54) is 17.2 Å². The van der Waals surface area contributed by atoms with Crippen molar-refractivity contribution in [3.63, 3.8) is 0 Å². The van der Waals surface area contributed by atoms with Crippen molar-refractivity contribution in [2.24, 2.45) is 5.73 Å². The average Bonchev–Trinajstić information content (AvgIpc) is 2.52. The number of rotatable bonds is 7. The third-order valence-electron chi connectivity index (χ3n) is 3.69. The molecule has 2 N–H and O–H groups in total. The number of hydrogen-bond acceptors (Lipinski definition) is 2. The van der Waals surface area contributed by atoms with Gasteiger partial charge in [-0.15, -0.1) is 0 Å². The Kier molecular flexibility index (Phi) is 5.90. The summed E-state index contributed by atoms with van der Waals surface area (Å²) in [6, 6.07) is 11.9. The molecule has 4 heteroatoms. The Bertz CT molecular complexity index is 599. The lowest BCUT2D eigenvalue weighted by Gasteiger charge is -2.15. The maximum absolute atomic E-state index is 13.1. The molecule has 0 fully saturated rings. The van der Waals surface area contributed by atoms with Gasteiger partial charge in [-0.2, -0.15) is 0 Å². The summed E-state index contributed by atoms with van der Waals surface area (Å²) in [5, 5.41) is 0. The van der Waals surface area contributed by atoms with Crippen LogP contribution < -0.4 is 10.5 Å². The molecule has 0 spiro atoms. The summed E-state index contributed by atoms with van der Waals surface area (Å²) in [6.07, 6.45) is 1.69. The van der Waals surface area contributed by atoms with Crippen LogP contribution >= 0.6 is 0 Å². The molecule has 0 aliphatic carbocycles. The Morgan fingerprint density at radius 2 is 1.77 bits per heavy atom. The predicted molar refractivity (Wildman–Crippen MR) is 84.1 cm³/mol. The largest absolute Gasteiger partial charge is 0.493 e. The third kappa shape index (κ3) is 4.53. The first-order valence-electron chi connectivity index (χ1n) is 7.44. The van der Waals surface area contributed by atoms with Crippen LogP contribution in [0.3, 0.4) is 0 Å². The highest BCUT2D eigenvalue weighted by Gasteiger charge is 2.09. The highest BCUT2D eigenvalue weighted by molar-refractivity contribution is 5.25. The standard InChI is InChI=1S/C18H21F2NO/c1-13-4-6-14(7-5-13)15(12-21)3-2-10-22-16-8-9-17(19)18(20)11-16/h4-9,11,15H,2-3,10,12,21H2,1H3. The minimum atomic E-state index is -0.892. The van der Waals surface area contributed by atoms with Crippen LogP contribution in [0.4, 0.5) is 8.78 Å². The second-order valence-electron chi connectivity index (χ2n) is 5.41. The highest BCUT2D eigenvalue weighted by atomic mass is 19.2. The predicted octanol–water partition coefficient (Wildman–Crippen LogP) is 4.17. The SMILES string of the molecule is Cc1ccc(C(CN)CCCOc2ccc(F)c(F)c2)cc1. The summed E-state index contributed by atoms with van der Waals surface area (Å²) < 4.78 is 31.3. The fraction of sp³-hybridized carbons (Fsp3) is 0.333. The zero-order valence-corrected chi connectivity index (χ0v) is 12.7. The molecule has 0 bridgehead atoms. The number of ether oxygens (including phenoxy) is 1. The second kappa shape index (κ2) is 7.90. The number of halogens is 2. The average molecular weight is 305 g/mol. The van der Waals surface area contributed by atoms with Crippen molar-refractivity contribution in [3.05, 3.63) is 65.2 Å².